The van der Waals surface area contributed by atoms with Crippen molar-refractivity contribution in [1.82, 2.24) is 29.1 Å². The van der Waals surface area contributed by atoms with Crippen LogP contribution in [0.4, 0.5) is 0 Å². The third-order valence-electron chi connectivity index (χ3n) is 8.86. The van der Waals surface area contributed by atoms with Crippen LogP contribution >= 0.6 is 0 Å². The molecule has 4 heterocycles. The van der Waals surface area contributed by atoms with Gasteiger partial charge in [0.1, 0.15) is 0 Å². The number of hydrogen-bond donors (Lipinski definition) is 0. The normalized spacial score (nSPS) is 13.1. The van der Waals surface area contributed by atoms with Crippen LogP contribution in [-0.4, -0.2) is 29.1 Å². The lowest BCUT2D eigenvalue weighted by Crippen LogP contribution is -2.11. The van der Waals surface area contributed by atoms with Gasteiger partial charge in [0.05, 0.1) is 16.6 Å². The maximum absolute atomic E-state index is 5.16. The molecule has 210 valence electrons. The van der Waals surface area contributed by atoms with Gasteiger partial charge in [-0.1, -0.05) is 84.9 Å². The predicted octanol–water partition coefficient (Wildman–Crippen LogP) is 8.52. The van der Waals surface area contributed by atoms with Gasteiger partial charge in [0.15, 0.2) is 11.6 Å². The lowest BCUT2D eigenvalue weighted by molar-refractivity contribution is 0.661. The van der Waals surface area contributed by atoms with Crippen molar-refractivity contribution in [2.75, 3.05) is 0 Å². The second-order valence-corrected chi connectivity index (χ2v) is 11.4. The third-order valence-corrected chi connectivity index (χ3v) is 8.86. The molecule has 0 spiro atoms. The highest BCUT2D eigenvalue weighted by molar-refractivity contribution is 6.19. The van der Waals surface area contributed by atoms with Crippen LogP contribution in [0.2, 0.25) is 0 Å². The summed E-state index contributed by atoms with van der Waals surface area (Å²) in [6.07, 6.45) is 8.19. The van der Waals surface area contributed by atoms with E-state index in [2.05, 4.69) is 86.9 Å². The van der Waals surface area contributed by atoms with Gasteiger partial charge in [-0.3, -0.25) is 9.55 Å². The fourth-order valence-electron chi connectivity index (χ4n) is 6.95. The van der Waals surface area contributed by atoms with E-state index in [1.807, 2.05) is 48.8 Å². The van der Waals surface area contributed by atoms with Gasteiger partial charge in [0.25, 0.3) is 0 Å². The number of benzene rings is 4. The number of fused-ring (bicyclic) bond motifs is 7. The van der Waals surface area contributed by atoms with Crippen LogP contribution in [0.1, 0.15) is 24.1 Å². The molecule has 4 aromatic heterocycles. The Morgan fingerprint density at radius 2 is 1.20 bits per heavy atom. The van der Waals surface area contributed by atoms with Gasteiger partial charge >= 0.3 is 0 Å². The Kier molecular flexibility index (Phi) is 5.66. The van der Waals surface area contributed by atoms with Crippen molar-refractivity contribution < 1.29 is 0 Å². The highest BCUT2D eigenvalue weighted by Crippen LogP contribution is 2.42. The number of rotatable bonds is 4. The number of nitrogens with zero attached hydrogens (tertiary/aromatic N) is 6. The second kappa shape index (κ2) is 9.99. The van der Waals surface area contributed by atoms with Crippen molar-refractivity contribution in [3.05, 3.63) is 133 Å². The van der Waals surface area contributed by atoms with Gasteiger partial charge in [-0.2, -0.15) is 9.97 Å². The lowest BCUT2D eigenvalue weighted by atomic mass is 9.94. The van der Waals surface area contributed by atoms with Gasteiger partial charge in [0.2, 0.25) is 5.95 Å². The molecule has 9 rings (SSSR count). The highest BCUT2D eigenvalue weighted by atomic mass is 15.2. The molecule has 0 atom stereocenters. The standard InChI is InChI=1S/C38H28N6/c1-4-12-25(13-5-1)36-40-37(26-14-6-2-7-15-26)42-38(41-36)44-31-19-11-10-18-29(31)34-33(44)21-20-28-30-24-39-23-22-32(30)43(35(28)34)27-16-8-3-9-17-27/h1-9,12-17,20-24H,10-11,18-19H2. The highest BCUT2D eigenvalue weighted by Gasteiger charge is 2.27. The Morgan fingerprint density at radius 3 is 1.91 bits per heavy atom. The second-order valence-electron chi connectivity index (χ2n) is 11.4. The number of para-hydroxylation sites is 1. The van der Waals surface area contributed by atoms with E-state index in [4.69, 9.17) is 15.0 Å². The van der Waals surface area contributed by atoms with Crippen LogP contribution in [0, 0.1) is 0 Å². The van der Waals surface area contributed by atoms with E-state index in [0.29, 0.717) is 17.6 Å². The molecule has 6 heteroatoms. The number of hydrogen-bond acceptors (Lipinski definition) is 4. The van der Waals surface area contributed by atoms with Crippen molar-refractivity contribution in [1.29, 1.82) is 0 Å². The largest absolute Gasteiger partial charge is 0.308 e. The zero-order valence-corrected chi connectivity index (χ0v) is 24.1. The fourth-order valence-corrected chi connectivity index (χ4v) is 6.95. The van der Waals surface area contributed by atoms with Gasteiger partial charge < -0.3 is 4.57 Å². The van der Waals surface area contributed by atoms with E-state index in [1.165, 1.54) is 27.5 Å². The molecule has 44 heavy (non-hydrogen) atoms. The summed E-state index contributed by atoms with van der Waals surface area (Å²) in [7, 11) is 0. The van der Waals surface area contributed by atoms with Crippen molar-refractivity contribution in [3.8, 4) is 34.4 Å². The Labute approximate surface area is 254 Å². The van der Waals surface area contributed by atoms with Crippen LogP contribution < -0.4 is 0 Å². The van der Waals surface area contributed by atoms with Gasteiger partial charge in [-0.25, -0.2) is 4.98 Å². The molecular formula is C38H28N6. The Morgan fingerprint density at radius 1 is 0.545 bits per heavy atom. The SMILES string of the molecule is c1ccc(-c2nc(-c3ccccc3)nc(-n3c4c(c5c3ccc3c6cnccc6n(-c6ccccc6)c35)CCCC4)n2)cc1. The molecule has 0 fully saturated rings. The van der Waals surface area contributed by atoms with Crippen LogP contribution in [0.15, 0.2) is 122 Å². The molecule has 0 N–H and O–H groups in total. The average molecular weight is 569 g/mol. The van der Waals surface area contributed by atoms with Crippen molar-refractivity contribution in [3.63, 3.8) is 0 Å². The zero-order valence-electron chi connectivity index (χ0n) is 24.1. The summed E-state index contributed by atoms with van der Waals surface area (Å²) < 4.78 is 4.72. The molecule has 8 aromatic rings. The minimum atomic E-state index is 0.661. The van der Waals surface area contributed by atoms with E-state index in [9.17, 15) is 0 Å². The van der Waals surface area contributed by atoms with E-state index >= 15 is 0 Å². The van der Waals surface area contributed by atoms with Crippen LogP contribution in [0.5, 0.6) is 0 Å². The zero-order chi connectivity index (χ0) is 29.0. The first kappa shape index (κ1) is 24.9. The first-order valence-electron chi connectivity index (χ1n) is 15.2. The molecule has 0 saturated heterocycles. The number of aromatic nitrogens is 6. The van der Waals surface area contributed by atoms with E-state index in [1.54, 1.807) is 0 Å². The number of pyridine rings is 1. The molecule has 4 aromatic carbocycles. The third kappa shape index (κ3) is 3.81. The first-order chi connectivity index (χ1) is 21.8. The van der Waals surface area contributed by atoms with Crippen LogP contribution in [-0.2, 0) is 12.8 Å². The van der Waals surface area contributed by atoms with Crippen LogP contribution in [0.3, 0.4) is 0 Å². The molecule has 0 saturated carbocycles. The van der Waals surface area contributed by atoms with E-state index in [0.717, 1.165) is 58.9 Å². The Hall–Kier alpha value is -5.62. The summed E-state index contributed by atoms with van der Waals surface area (Å²) in [6.45, 7) is 0. The maximum atomic E-state index is 5.16. The van der Waals surface area contributed by atoms with E-state index < -0.39 is 0 Å². The van der Waals surface area contributed by atoms with Crippen molar-refractivity contribution in [2.24, 2.45) is 0 Å². The maximum Gasteiger partial charge on any atom is 0.238 e. The molecule has 0 aliphatic heterocycles. The monoisotopic (exact) mass is 568 g/mol. The first-order valence-corrected chi connectivity index (χ1v) is 15.2. The van der Waals surface area contributed by atoms with Gasteiger partial charge in [-0.15, -0.1) is 0 Å². The molecular weight excluding hydrogens is 540 g/mol. The van der Waals surface area contributed by atoms with Crippen molar-refractivity contribution >= 4 is 32.7 Å². The predicted molar refractivity (Wildman–Crippen MR) is 176 cm³/mol. The molecule has 0 unspecified atom stereocenters. The topological polar surface area (TPSA) is 61.4 Å². The Bertz CT molecular complexity index is 2260. The quantitative estimate of drug-likeness (QED) is 0.214. The summed E-state index contributed by atoms with van der Waals surface area (Å²) in [5, 5.41) is 3.64. The summed E-state index contributed by atoms with van der Waals surface area (Å²) in [4.78, 5) is 19.8. The van der Waals surface area contributed by atoms with E-state index in [-0.39, 0.29) is 0 Å². The van der Waals surface area contributed by atoms with Crippen molar-refractivity contribution in [2.45, 2.75) is 25.7 Å². The minimum absolute atomic E-state index is 0.661. The van der Waals surface area contributed by atoms with Crippen LogP contribution in [0.25, 0.3) is 67.1 Å². The summed E-state index contributed by atoms with van der Waals surface area (Å²) >= 11 is 0. The molecule has 1 aliphatic rings. The minimum Gasteiger partial charge on any atom is -0.308 e. The fraction of sp³-hybridized carbons (Fsp3) is 0.105. The summed E-state index contributed by atoms with van der Waals surface area (Å²) in [5.41, 5.74) is 9.27. The molecule has 1 aliphatic carbocycles. The smallest absolute Gasteiger partial charge is 0.238 e. The molecule has 0 amide bonds. The summed E-state index contributed by atoms with van der Waals surface area (Å²) in [6, 6.07) is 37.7. The lowest BCUT2D eigenvalue weighted by Gasteiger charge is -2.16. The van der Waals surface area contributed by atoms with Gasteiger partial charge in [0, 0.05) is 51.1 Å². The van der Waals surface area contributed by atoms with Gasteiger partial charge in [-0.05, 0) is 55.5 Å². The summed E-state index contributed by atoms with van der Waals surface area (Å²) in [5.74, 6) is 2.01. The number of aryl methyl sites for hydroxylation is 1. The Balaban J connectivity index is 1.41. The average Bonchev–Trinajstić information content (AvgIpc) is 3.62. The molecule has 6 nitrogen and oxygen atoms in total. The molecule has 0 radical (unpaired) electrons. The molecule has 0 bridgehead atoms.